The van der Waals surface area contributed by atoms with Crippen molar-refractivity contribution in [2.24, 2.45) is 0 Å². The number of nitrogens with zero attached hydrogens (tertiary/aromatic N) is 1. The highest BCUT2D eigenvalue weighted by Gasteiger charge is 2.17. The van der Waals surface area contributed by atoms with Gasteiger partial charge in [0, 0.05) is 12.0 Å². The van der Waals surface area contributed by atoms with Gasteiger partial charge < -0.3 is 14.0 Å². The van der Waals surface area contributed by atoms with E-state index in [-0.39, 0.29) is 12.1 Å². The molecule has 1 unspecified atom stereocenters. The van der Waals surface area contributed by atoms with Crippen molar-refractivity contribution in [3.8, 4) is 5.75 Å². The van der Waals surface area contributed by atoms with E-state index < -0.39 is 0 Å². The molecule has 0 aromatic heterocycles. The van der Waals surface area contributed by atoms with E-state index in [0.29, 0.717) is 13.0 Å². The SMILES string of the molecule is CCCCCCCCCCCc1ccccc1OC(CC)COC(=O)CCCC[N+](C)(C)Cc1ccccc1. The number of para-hydroxylation sites is 1. The molecule has 0 amide bonds. The zero-order valence-electron chi connectivity index (χ0n) is 25.5. The molecule has 39 heavy (non-hydrogen) atoms. The number of rotatable bonds is 22. The molecule has 4 heteroatoms. The molecule has 0 bridgehead atoms. The molecule has 0 radical (unpaired) electrons. The van der Waals surface area contributed by atoms with Crippen LogP contribution in [-0.2, 0) is 22.5 Å². The third-order valence-corrected chi connectivity index (χ3v) is 7.55. The zero-order valence-corrected chi connectivity index (χ0v) is 25.5. The van der Waals surface area contributed by atoms with Gasteiger partial charge >= 0.3 is 5.97 Å². The number of carbonyl (C=O) groups is 1. The van der Waals surface area contributed by atoms with Gasteiger partial charge in [-0.25, -0.2) is 0 Å². The molecule has 0 saturated heterocycles. The predicted octanol–water partition coefficient (Wildman–Crippen LogP) is 8.91. The average molecular weight is 539 g/mol. The molecule has 0 aliphatic heterocycles. The third-order valence-electron chi connectivity index (χ3n) is 7.55. The lowest BCUT2D eigenvalue weighted by molar-refractivity contribution is -0.903. The number of esters is 1. The summed E-state index contributed by atoms with van der Waals surface area (Å²) in [4.78, 5) is 12.4. The molecule has 2 aromatic rings. The summed E-state index contributed by atoms with van der Waals surface area (Å²) in [6.07, 6.45) is 16.1. The van der Waals surface area contributed by atoms with Crippen LogP contribution in [-0.4, -0.2) is 43.8 Å². The Labute approximate surface area is 239 Å². The fourth-order valence-corrected chi connectivity index (χ4v) is 5.09. The maximum Gasteiger partial charge on any atom is 0.305 e. The number of hydrogen-bond acceptors (Lipinski definition) is 3. The summed E-state index contributed by atoms with van der Waals surface area (Å²) in [7, 11) is 4.50. The molecule has 218 valence electrons. The van der Waals surface area contributed by atoms with Crippen LogP contribution in [0.15, 0.2) is 54.6 Å². The number of ether oxygens (including phenoxy) is 2. The molecule has 0 fully saturated rings. The standard InChI is InChI=1S/C35H56NO3/c1-5-7-8-9-10-11-12-13-17-24-32-25-18-19-26-34(32)39-33(6-2)30-38-35(37)27-20-21-28-36(3,4)29-31-22-15-14-16-23-31/h14-16,18-19,22-23,25-26,33H,5-13,17,20-21,24,27-30H2,1-4H3/q+1. The summed E-state index contributed by atoms with van der Waals surface area (Å²) in [5.41, 5.74) is 2.61. The number of benzene rings is 2. The van der Waals surface area contributed by atoms with Gasteiger partial charge in [-0.05, 0) is 43.7 Å². The average Bonchev–Trinajstić information content (AvgIpc) is 2.93. The molecule has 0 spiro atoms. The Morgan fingerprint density at radius 3 is 2.10 bits per heavy atom. The Hall–Kier alpha value is -2.33. The smallest absolute Gasteiger partial charge is 0.305 e. The quantitative estimate of drug-likeness (QED) is 0.0853. The summed E-state index contributed by atoms with van der Waals surface area (Å²) in [5, 5.41) is 0. The Kier molecular flexibility index (Phi) is 16.6. The van der Waals surface area contributed by atoms with E-state index in [1.165, 1.54) is 68.9 Å². The number of carbonyl (C=O) groups excluding carboxylic acids is 1. The molecule has 2 rings (SSSR count). The molecule has 0 aliphatic carbocycles. The van der Waals surface area contributed by atoms with E-state index >= 15 is 0 Å². The van der Waals surface area contributed by atoms with Gasteiger partial charge in [0.1, 0.15) is 25.0 Å². The van der Waals surface area contributed by atoms with Gasteiger partial charge in [0.15, 0.2) is 0 Å². The first-order chi connectivity index (χ1) is 18.9. The van der Waals surface area contributed by atoms with Crippen molar-refractivity contribution in [3.63, 3.8) is 0 Å². The summed E-state index contributed by atoms with van der Waals surface area (Å²) in [5.74, 6) is 0.826. The first-order valence-electron chi connectivity index (χ1n) is 15.7. The van der Waals surface area contributed by atoms with Gasteiger partial charge in [0.2, 0.25) is 0 Å². The highest BCUT2D eigenvalue weighted by Crippen LogP contribution is 2.23. The van der Waals surface area contributed by atoms with Crippen molar-refractivity contribution in [2.45, 2.75) is 116 Å². The zero-order chi connectivity index (χ0) is 28.2. The van der Waals surface area contributed by atoms with Gasteiger partial charge in [0.05, 0.1) is 20.6 Å². The van der Waals surface area contributed by atoms with Crippen LogP contribution in [0.5, 0.6) is 5.75 Å². The van der Waals surface area contributed by atoms with Gasteiger partial charge in [-0.15, -0.1) is 0 Å². The fraction of sp³-hybridized carbons (Fsp3) is 0.629. The first-order valence-corrected chi connectivity index (χ1v) is 15.7. The van der Waals surface area contributed by atoms with Crippen molar-refractivity contribution in [3.05, 3.63) is 65.7 Å². The van der Waals surface area contributed by atoms with E-state index in [9.17, 15) is 4.79 Å². The monoisotopic (exact) mass is 538 g/mol. The van der Waals surface area contributed by atoms with E-state index in [1.54, 1.807) is 0 Å². The lowest BCUT2D eigenvalue weighted by Gasteiger charge is -2.30. The van der Waals surface area contributed by atoms with Crippen molar-refractivity contribution < 1.29 is 18.8 Å². The molecule has 0 N–H and O–H groups in total. The topological polar surface area (TPSA) is 35.5 Å². The van der Waals surface area contributed by atoms with Crippen LogP contribution in [0.1, 0.15) is 108 Å². The van der Waals surface area contributed by atoms with Crippen LogP contribution in [0.3, 0.4) is 0 Å². The maximum absolute atomic E-state index is 12.4. The lowest BCUT2D eigenvalue weighted by atomic mass is 10.0. The van der Waals surface area contributed by atoms with Crippen molar-refractivity contribution in [1.82, 2.24) is 0 Å². The van der Waals surface area contributed by atoms with E-state index in [2.05, 4.69) is 76.5 Å². The number of unbranched alkanes of at least 4 members (excludes halogenated alkanes) is 9. The van der Waals surface area contributed by atoms with E-state index in [0.717, 1.165) is 49.0 Å². The Morgan fingerprint density at radius 1 is 0.769 bits per heavy atom. The first kappa shape index (κ1) is 32.9. The minimum Gasteiger partial charge on any atom is -0.487 e. The van der Waals surface area contributed by atoms with E-state index in [4.69, 9.17) is 9.47 Å². The molecular weight excluding hydrogens is 482 g/mol. The van der Waals surface area contributed by atoms with Gasteiger partial charge in [0.25, 0.3) is 0 Å². The Morgan fingerprint density at radius 2 is 1.41 bits per heavy atom. The van der Waals surface area contributed by atoms with Crippen LogP contribution in [0.4, 0.5) is 0 Å². The Bertz CT molecular complexity index is 896. The molecular formula is C35H56NO3+. The number of hydrogen-bond donors (Lipinski definition) is 0. The highest BCUT2D eigenvalue weighted by molar-refractivity contribution is 5.69. The maximum atomic E-state index is 12.4. The van der Waals surface area contributed by atoms with Gasteiger partial charge in [-0.1, -0.05) is 114 Å². The highest BCUT2D eigenvalue weighted by atomic mass is 16.6. The Balaban J connectivity index is 1.64. The van der Waals surface area contributed by atoms with Gasteiger partial charge in [-0.2, -0.15) is 0 Å². The minimum atomic E-state index is -0.117. The van der Waals surface area contributed by atoms with Crippen molar-refractivity contribution in [1.29, 1.82) is 0 Å². The van der Waals surface area contributed by atoms with Crippen LogP contribution in [0, 0.1) is 0 Å². The minimum absolute atomic E-state index is 0.111. The van der Waals surface area contributed by atoms with Gasteiger partial charge in [-0.3, -0.25) is 4.79 Å². The summed E-state index contributed by atoms with van der Waals surface area (Å²) < 4.78 is 12.9. The molecule has 1 atom stereocenters. The lowest BCUT2D eigenvalue weighted by Crippen LogP contribution is -2.39. The molecule has 0 heterocycles. The van der Waals surface area contributed by atoms with Crippen LogP contribution < -0.4 is 4.74 Å². The fourth-order valence-electron chi connectivity index (χ4n) is 5.09. The molecule has 0 saturated carbocycles. The number of aryl methyl sites for hydroxylation is 1. The summed E-state index contributed by atoms with van der Waals surface area (Å²) in [6.45, 7) is 6.72. The second-order valence-corrected chi connectivity index (χ2v) is 11.8. The van der Waals surface area contributed by atoms with Crippen molar-refractivity contribution >= 4 is 5.97 Å². The summed E-state index contributed by atoms with van der Waals surface area (Å²) in [6, 6.07) is 19.0. The molecule has 4 nitrogen and oxygen atoms in total. The number of quaternary nitrogens is 1. The third kappa shape index (κ3) is 15.1. The largest absolute Gasteiger partial charge is 0.487 e. The normalized spacial score (nSPS) is 12.3. The molecule has 2 aromatic carbocycles. The van der Waals surface area contributed by atoms with Crippen LogP contribution in [0.25, 0.3) is 0 Å². The summed E-state index contributed by atoms with van der Waals surface area (Å²) >= 11 is 0. The molecule has 0 aliphatic rings. The predicted molar refractivity (Wildman–Crippen MR) is 164 cm³/mol. The second kappa shape index (κ2) is 19.7. The van der Waals surface area contributed by atoms with Crippen molar-refractivity contribution in [2.75, 3.05) is 27.2 Å². The second-order valence-electron chi connectivity index (χ2n) is 11.8. The van der Waals surface area contributed by atoms with Crippen LogP contribution >= 0.6 is 0 Å². The van der Waals surface area contributed by atoms with Crippen LogP contribution in [0.2, 0.25) is 0 Å². The van der Waals surface area contributed by atoms with E-state index in [1.807, 2.05) is 6.07 Å².